The van der Waals surface area contributed by atoms with Crippen molar-refractivity contribution < 1.29 is 9.59 Å². The lowest BCUT2D eigenvalue weighted by atomic mass is 9.89. The molecule has 1 heterocycles. The number of aryl methyl sites for hydroxylation is 2. The van der Waals surface area contributed by atoms with Crippen LogP contribution in [-0.4, -0.2) is 16.7 Å². The maximum absolute atomic E-state index is 12.5. The van der Waals surface area contributed by atoms with E-state index >= 15 is 0 Å². The lowest BCUT2D eigenvalue weighted by Crippen LogP contribution is -2.23. The van der Waals surface area contributed by atoms with Gasteiger partial charge in [0.25, 0.3) is 0 Å². The second-order valence-electron chi connectivity index (χ2n) is 7.79. The predicted octanol–water partition coefficient (Wildman–Crippen LogP) is 4.89. The molecule has 0 aliphatic heterocycles. The molecule has 0 unspecified atom stereocenters. The zero-order chi connectivity index (χ0) is 20.8. The molecule has 1 aliphatic rings. The van der Waals surface area contributed by atoms with Crippen LogP contribution in [0.2, 0.25) is 0 Å². The Morgan fingerprint density at radius 1 is 0.967 bits per heavy atom. The Morgan fingerprint density at radius 3 is 2.60 bits per heavy atom. The average molecular weight is 419 g/mol. The predicted molar refractivity (Wildman–Crippen MR) is 120 cm³/mol. The van der Waals surface area contributed by atoms with Crippen LogP contribution >= 0.6 is 11.3 Å². The van der Waals surface area contributed by atoms with Gasteiger partial charge in [-0.2, -0.15) is 0 Å². The van der Waals surface area contributed by atoms with Gasteiger partial charge in [-0.3, -0.25) is 9.59 Å². The van der Waals surface area contributed by atoms with Gasteiger partial charge >= 0.3 is 0 Å². The Morgan fingerprint density at radius 2 is 1.77 bits per heavy atom. The number of hydrogen-bond donors (Lipinski definition) is 1. The van der Waals surface area contributed by atoms with Crippen molar-refractivity contribution in [2.24, 2.45) is 0 Å². The maximum Gasteiger partial charge on any atom is 0.220 e. The van der Waals surface area contributed by atoms with Crippen molar-refractivity contribution in [3.63, 3.8) is 0 Å². The van der Waals surface area contributed by atoms with Crippen LogP contribution in [0.5, 0.6) is 0 Å². The summed E-state index contributed by atoms with van der Waals surface area (Å²) in [5.74, 6) is -0.0729. The largest absolute Gasteiger partial charge is 0.350 e. The molecule has 0 saturated carbocycles. The van der Waals surface area contributed by atoms with Gasteiger partial charge < -0.3 is 5.32 Å². The summed E-state index contributed by atoms with van der Waals surface area (Å²) in [5, 5.41) is 5.90. The van der Waals surface area contributed by atoms with Gasteiger partial charge in [0.05, 0.1) is 17.2 Å². The van der Waals surface area contributed by atoms with E-state index in [9.17, 15) is 9.59 Å². The van der Waals surface area contributed by atoms with E-state index in [1.807, 2.05) is 35.7 Å². The molecule has 1 aromatic heterocycles. The second-order valence-corrected chi connectivity index (χ2v) is 8.73. The molecule has 0 radical (unpaired) electrons. The molecule has 3 aromatic rings. The number of aromatic nitrogens is 1. The zero-order valence-corrected chi connectivity index (χ0v) is 17.8. The van der Waals surface area contributed by atoms with E-state index in [0.717, 1.165) is 35.5 Å². The molecule has 4 nitrogen and oxygen atoms in total. The summed E-state index contributed by atoms with van der Waals surface area (Å²) >= 11 is 1.61. The van der Waals surface area contributed by atoms with Crippen molar-refractivity contribution in [1.82, 2.24) is 10.3 Å². The lowest BCUT2D eigenvalue weighted by molar-refractivity contribution is -0.121. The van der Waals surface area contributed by atoms with Crippen molar-refractivity contribution in [2.45, 2.75) is 51.5 Å². The Hall–Kier alpha value is -2.79. The van der Waals surface area contributed by atoms with Crippen LogP contribution in [0.4, 0.5) is 0 Å². The summed E-state index contributed by atoms with van der Waals surface area (Å²) in [5.41, 5.74) is 5.48. The van der Waals surface area contributed by atoms with Gasteiger partial charge in [-0.1, -0.05) is 42.5 Å². The van der Waals surface area contributed by atoms with Gasteiger partial charge in [-0.05, 0) is 48.4 Å². The van der Waals surface area contributed by atoms with Crippen LogP contribution in [0.3, 0.4) is 0 Å². The third-order valence-corrected chi connectivity index (χ3v) is 6.41. The number of carbonyl (C=O) groups excluding carboxylic acids is 2. The normalized spacial score (nSPS) is 12.9. The first-order valence-electron chi connectivity index (χ1n) is 10.6. The third-order valence-electron chi connectivity index (χ3n) is 5.51. The Bertz CT molecular complexity index is 1030. The van der Waals surface area contributed by atoms with Crippen LogP contribution in [0.15, 0.2) is 53.9 Å². The maximum atomic E-state index is 12.5. The van der Waals surface area contributed by atoms with Gasteiger partial charge in [0.2, 0.25) is 5.91 Å². The fourth-order valence-corrected chi connectivity index (χ4v) is 4.67. The highest BCUT2D eigenvalue weighted by atomic mass is 32.1. The van der Waals surface area contributed by atoms with Gasteiger partial charge in [-0.15, -0.1) is 11.3 Å². The highest BCUT2D eigenvalue weighted by Crippen LogP contribution is 2.23. The number of rotatable bonds is 8. The average Bonchev–Trinajstić information content (AvgIpc) is 3.23. The van der Waals surface area contributed by atoms with E-state index in [-0.39, 0.29) is 24.5 Å². The van der Waals surface area contributed by atoms with Crippen LogP contribution in [0.1, 0.15) is 63.4 Å². The summed E-state index contributed by atoms with van der Waals surface area (Å²) in [7, 11) is 0. The standard InChI is InChI=1S/C25H26N2O2S/c28-23(21-11-10-19-8-4-5-9-20(19)15-21)12-13-24(29)26-16-22-17-30-25(27-22)14-18-6-2-1-3-7-18/h1-3,6-7,10-11,15,17H,4-5,8-9,12-14,16H2,(H,26,29). The van der Waals surface area contributed by atoms with Crippen molar-refractivity contribution >= 4 is 23.0 Å². The van der Waals surface area contributed by atoms with E-state index in [4.69, 9.17) is 0 Å². The lowest BCUT2D eigenvalue weighted by Gasteiger charge is -2.16. The molecule has 0 saturated heterocycles. The SMILES string of the molecule is O=C(CCC(=O)c1ccc2c(c1)CCCC2)NCc1csc(Cc2ccccc2)n1. The van der Waals surface area contributed by atoms with Crippen molar-refractivity contribution in [2.75, 3.05) is 0 Å². The number of Topliss-reactive ketones (excluding diaryl/α,β-unsaturated/α-hetero) is 1. The Labute approximate surface area is 181 Å². The molecule has 0 bridgehead atoms. The third kappa shape index (κ3) is 5.42. The molecule has 1 aliphatic carbocycles. The van der Waals surface area contributed by atoms with Crippen molar-refractivity contribution in [3.05, 3.63) is 86.9 Å². The molecule has 1 amide bonds. The van der Waals surface area contributed by atoms with Crippen LogP contribution in [-0.2, 0) is 30.6 Å². The monoisotopic (exact) mass is 418 g/mol. The zero-order valence-electron chi connectivity index (χ0n) is 17.0. The Balaban J connectivity index is 1.23. The number of carbonyl (C=O) groups is 2. The second kappa shape index (κ2) is 9.81. The van der Waals surface area contributed by atoms with E-state index in [2.05, 4.69) is 28.5 Å². The minimum absolute atomic E-state index is 0.0392. The molecule has 0 atom stereocenters. The molecule has 0 fully saturated rings. The number of fused-ring (bicyclic) bond motifs is 1. The molecule has 2 aromatic carbocycles. The van der Waals surface area contributed by atoms with Gasteiger partial charge in [0.15, 0.2) is 5.78 Å². The van der Waals surface area contributed by atoms with Crippen LogP contribution in [0, 0.1) is 0 Å². The van der Waals surface area contributed by atoms with Gasteiger partial charge in [-0.25, -0.2) is 4.98 Å². The first-order chi connectivity index (χ1) is 14.7. The summed E-state index contributed by atoms with van der Waals surface area (Å²) in [6.45, 7) is 0.400. The minimum Gasteiger partial charge on any atom is -0.350 e. The number of ketones is 1. The fraction of sp³-hybridized carbons (Fsp3) is 0.320. The molecule has 30 heavy (non-hydrogen) atoms. The number of benzene rings is 2. The van der Waals surface area contributed by atoms with E-state index in [1.165, 1.54) is 29.5 Å². The molecule has 5 heteroatoms. The summed E-state index contributed by atoms with van der Waals surface area (Å²) in [6, 6.07) is 16.2. The first kappa shape index (κ1) is 20.5. The highest BCUT2D eigenvalue weighted by Gasteiger charge is 2.14. The number of amides is 1. The number of thiazole rings is 1. The smallest absolute Gasteiger partial charge is 0.220 e. The molecule has 4 rings (SSSR count). The summed E-state index contributed by atoms with van der Waals surface area (Å²) in [4.78, 5) is 29.3. The molecule has 154 valence electrons. The molecular weight excluding hydrogens is 392 g/mol. The van der Waals surface area contributed by atoms with E-state index in [1.54, 1.807) is 11.3 Å². The fourth-order valence-electron chi connectivity index (χ4n) is 3.84. The van der Waals surface area contributed by atoms with Crippen molar-refractivity contribution in [3.8, 4) is 0 Å². The first-order valence-corrected chi connectivity index (χ1v) is 11.4. The number of nitrogens with one attached hydrogen (secondary N) is 1. The molecular formula is C25H26N2O2S. The number of nitrogens with zero attached hydrogens (tertiary/aromatic N) is 1. The molecule has 0 spiro atoms. The summed E-state index contributed by atoms with van der Waals surface area (Å²) in [6.07, 6.45) is 5.82. The Kier molecular flexibility index (Phi) is 6.70. The summed E-state index contributed by atoms with van der Waals surface area (Å²) < 4.78 is 0. The van der Waals surface area contributed by atoms with E-state index in [0.29, 0.717) is 6.54 Å². The van der Waals surface area contributed by atoms with Gasteiger partial charge in [0.1, 0.15) is 0 Å². The number of hydrogen-bond acceptors (Lipinski definition) is 4. The quantitative estimate of drug-likeness (QED) is 0.530. The van der Waals surface area contributed by atoms with Crippen LogP contribution < -0.4 is 5.32 Å². The van der Waals surface area contributed by atoms with E-state index < -0.39 is 0 Å². The van der Waals surface area contributed by atoms with Crippen LogP contribution in [0.25, 0.3) is 0 Å². The topological polar surface area (TPSA) is 59.1 Å². The molecule has 1 N–H and O–H groups in total. The highest BCUT2D eigenvalue weighted by molar-refractivity contribution is 7.09. The van der Waals surface area contributed by atoms with Crippen molar-refractivity contribution in [1.29, 1.82) is 0 Å². The van der Waals surface area contributed by atoms with Gasteiger partial charge in [0, 0.05) is 30.2 Å². The minimum atomic E-state index is -0.112.